The standard InChI is InChI=1S/C28H26N4O3/c1-34-21-12-13-26(35-2)23(16-21)27-24(18-32(31-27)20-8-4-3-5-9-20)28(33)29-15-14-19-17-30-25-11-7-6-10-22(19)25/h3-13,16-18,30H,14-15H2,1-2H3,(H,29,33). The van der Waals surface area contributed by atoms with Crippen LogP contribution in [0.2, 0.25) is 0 Å². The molecule has 0 aliphatic carbocycles. The van der Waals surface area contributed by atoms with Gasteiger partial charge in [0.05, 0.1) is 25.5 Å². The Kier molecular flexibility index (Phi) is 6.22. The van der Waals surface area contributed by atoms with Crippen molar-refractivity contribution >= 4 is 16.8 Å². The first-order valence-electron chi connectivity index (χ1n) is 11.4. The van der Waals surface area contributed by atoms with Gasteiger partial charge in [-0.1, -0.05) is 36.4 Å². The van der Waals surface area contributed by atoms with Crippen molar-refractivity contribution in [1.29, 1.82) is 0 Å². The molecule has 176 valence electrons. The maximum Gasteiger partial charge on any atom is 0.255 e. The molecule has 0 saturated heterocycles. The molecule has 3 aromatic carbocycles. The van der Waals surface area contributed by atoms with Crippen molar-refractivity contribution in [3.05, 3.63) is 96.3 Å². The van der Waals surface area contributed by atoms with Crippen LogP contribution in [0.5, 0.6) is 11.5 Å². The number of hydrogen-bond acceptors (Lipinski definition) is 4. The first-order valence-corrected chi connectivity index (χ1v) is 11.4. The fourth-order valence-electron chi connectivity index (χ4n) is 4.20. The second-order valence-electron chi connectivity index (χ2n) is 8.10. The minimum atomic E-state index is -0.202. The molecule has 0 atom stereocenters. The lowest BCUT2D eigenvalue weighted by Crippen LogP contribution is -2.25. The van der Waals surface area contributed by atoms with Crippen LogP contribution >= 0.6 is 0 Å². The molecular weight excluding hydrogens is 440 g/mol. The number of nitrogens with one attached hydrogen (secondary N) is 2. The van der Waals surface area contributed by atoms with Crippen LogP contribution in [0, 0.1) is 0 Å². The Bertz CT molecular complexity index is 1470. The highest BCUT2D eigenvalue weighted by atomic mass is 16.5. The van der Waals surface area contributed by atoms with E-state index in [9.17, 15) is 4.79 Å². The molecule has 0 radical (unpaired) electrons. The number of H-pyrrole nitrogens is 1. The predicted octanol–water partition coefficient (Wildman–Crippen LogP) is 5.01. The zero-order valence-corrected chi connectivity index (χ0v) is 19.6. The molecule has 0 aliphatic heterocycles. The number of fused-ring (bicyclic) bond motifs is 1. The van der Waals surface area contributed by atoms with Crippen molar-refractivity contribution in [2.75, 3.05) is 20.8 Å². The molecule has 7 heteroatoms. The first kappa shape index (κ1) is 22.3. The lowest BCUT2D eigenvalue weighted by atomic mass is 10.1. The van der Waals surface area contributed by atoms with Gasteiger partial charge in [-0.25, -0.2) is 4.68 Å². The van der Waals surface area contributed by atoms with Gasteiger partial charge in [0.15, 0.2) is 0 Å². The number of aromatic nitrogens is 3. The molecule has 2 aromatic heterocycles. The van der Waals surface area contributed by atoms with Crippen molar-refractivity contribution in [3.8, 4) is 28.4 Å². The van der Waals surface area contributed by atoms with Gasteiger partial charge >= 0.3 is 0 Å². The summed E-state index contributed by atoms with van der Waals surface area (Å²) in [6.45, 7) is 0.492. The van der Waals surface area contributed by atoms with Gasteiger partial charge in [-0.2, -0.15) is 5.10 Å². The van der Waals surface area contributed by atoms with Crippen LogP contribution in [0.15, 0.2) is 85.2 Å². The van der Waals surface area contributed by atoms with Crippen molar-refractivity contribution < 1.29 is 14.3 Å². The van der Waals surface area contributed by atoms with Crippen LogP contribution in [0.1, 0.15) is 15.9 Å². The van der Waals surface area contributed by atoms with Gasteiger partial charge in [0.2, 0.25) is 0 Å². The Morgan fingerprint density at radius 2 is 1.80 bits per heavy atom. The third-order valence-corrected chi connectivity index (χ3v) is 6.00. The van der Waals surface area contributed by atoms with E-state index in [-0.39, 0.29) is 5.91 Å². The summed E-state index contributed by atoms with van der Waals surface area (Å²) in [4.78, 5) is 16.7. The zero-order valence-electron chi connectivity index (χ0n) is 19.6. The first-order chi connectivity index (χ1) is 17.2. The molecule has 2 heterocycles. The molecule has 0 bridgehead atoms. The molecule has 0 unspecified atom stereocenters. The number of hydrogen-bond donors (Lipinski definition) is 2. The third-order valence-electron chi connectivity index (χ3n) is 6.00. The number of para-hydroxylation sites is 2. The minimum Gasteiger partial charge on any atom is -0.497 e. The number of aromatic amines is 1. The highest BCUT2D eigenvalue weighted by Gasteiger charge is 2.22. The van der Waals surface area contributed by atoms with E-state index in [1.807, 2.05) is 72.9 Å². The summed E-state index contributed by atoms with van der Waals surface area (Å²) in [7, 11) is 3.20. The lowest BCUT2D eigenvalue weighted by Gasteiger charge is -2.10. The molecule has 0 spiro atoms. The second kappa shape index (κ2) is 9.77. The van der Waals surface area contributed by atoms with E-state index in [1.54, 1.807) is 25.1 Å². The number of amides is 1. The predicted molar refractivity (Wildman–Crippen MR) is 136 cm³/mol. The van der Waals surface area contributed by atoms with Crippen LogP contribution in [0.3, 0.4) is 0 Å². The number of rotatable bonds is 8. The van der Waals surface area contributed by atoms with Crippen LogP contribution < -0.4 is 14.8 Å². The molecule has 1 amide bonds. The molecule has 0 fully saturated rings. The number of ether oxygens (including phenoxy) is 2. The number of carbonyl (C=O) groups excluding carboxylic acids is 1. The van der Waals surface area contributed by atoms with Gasteiger partial charge < -0.3 is 19.8 Å². The molecular formula is C28H26N4O3. The summed E-state index contributed by atoms with van der Waals surface area (Å²) in [5.41, 5.74) is 4.77. The maximum absolute atomic E-state index is 13.4. The van der Waals surface area contributed by atoms with E-state index >= 15 is 0 Å². The van der Waals surface area contributed by atoms with E-state index in [2.05, 4.69) is 16.4 Å². The largest absolute Gasteiger partial charge is 0.497 e. The van der Waals surface area contributed by atoms with E-state index in [0.717, 1.165) is 16.8 Å². The molecule has 35 heavy (non-hydrogen) atoms. The van der Waals surface area contributed by atoms with Gasteiger partial charge in [-0.05, 0) is 48.4 Å². The van der Waals surface area contributed by atoms with Gasteiger partial charge in [0.25, 0.3) is 5.91 Å². The van der Waals surface area contributed by atoms with Crippen molar-refractivity contribution in [3.63, 3.8) is 0 Å². The molecule has 2 N–H and O–H groups in total. The minimum absolute atomic E-state index is 0.202. The van der Waals surface area contributed by atoms with E-state index in [1.165, 1.54) is 5.39 Å². The Labute approximate surface area is 203 Å². The fourth-order valence-corrected chi connectivity index (χ4v) is 4.20. The van der Waals surface area contributed by atoms with E-state index in [4.69, 9.17) is 14.6 Å². The van der Waals surface area contributed by atoms with Crippen molar-refractivity contribution in [2.45, 2.75) is 6.42 Å². The molecule has 0 aliphatic rings. The number of nitrogens with zero attached hydrogens (tertiary/aromatic N) is 2. The Hall–Kier alpha value is -4.52. The Balaban J connectivity index is 1.46. The summed E-state index contributed by atoms with van der Waals surface area (Å²) in [6, 6.07) is 23.3. The van der Waals surface area contributed by atoms with Gasteiger partial charge in [-0.15, -0.1) is 0 Å². The van der Waals surface area contributed by atoms with Crippen LogP contribution in [0.4, 0.5) is 0 Å². The molecule has 7 nitrogen and oxygen atoms in total. The number of carbonyl (C=O) groups is 1. The average molecular weight is 467 g/mol. The second-order valence-corrected chi connectivity index (χ2v) is 8.10. The topological polar surface area (TPSA) is 81.2 Å². The van der Waals surface area contributed by atoms with Crippen LogP contribution in [-0.2, 0) is 6.42 Å². The fraction of sp³-hybridized carbons (Fsp3) is 0.143. The summed E-state index contributed by atoms with van der Waals surface area (Å²) >= 11 is 0. The van der Waals surface area contributed by atoms with Crippen molar-refractivity contribution in [2.24, 2.45) is 0 Å². The summed E-state index contributed by atoms with van der Waals surface area (Å²) < 4.78 is 12.7. The normalized spacial score (nSPS) is 10.9. The molecule has 0 saturated carbocycles. The average Bonchev–Trinajstić information content (AvgIpc) is 3.54. The Morgan fingerprint density at radius 1 is 1.00 bits per heavy atom. The summed E-state index contributed by atoms with van der Waals surface area (Å²) in [6.07, 6.45) is 4.46. The van der Waals surface area contributed by atoms with E-state index < -0.39 is 0 Å². The highest BCUT2D eigenvalue weighted by molar-refractivity contribution is 6.00. The quantitative estimate of drug-likeness (QED) is 0.337. The van der Waals surface area contributed by atoms with Gasteiger partial charge in [0, 0.05) is 35.4 Å². The molecule has 5 rings (SSSR count). The number of methoxy groups -OCH3 is 2. The zero-order chi connectivity index (χ0) is 24.2. The molecule has 5 aromatic rings. The number of benzene rings is 3. The SMILES string of the molecule is COc1ccc(OC)c(-c2nn(-c3ccccc3)cc2C(=O)NCCc2c[nH]c3ccccc23)c1. The third kappa shape index (κ3) is 4.48. The van der Waals surface area contributed by atoms with Gasteiger partial charge in [0.1, 0.15) is 17.2 Å². The Morgan fingerprint density at radius 3 is 2.60 bits per heavy atom. The maximum atomic E-state index is 13.4. The summed E-state index contributed by atoms with van der Waals surface area (Å²) in [5, 5.41) is 9.00. The van der Waals surface area contributed by atoms with E-state index in [0.29, 0.717) is 41.3 Å². The van der Waals surface area contributed by atoms with Gasteiger partial charge in [-0.3, -0.25) is 4.79 Å². The highest BCUT2D eigenvalue weighted by Crippen LogP contribution is 2.35. The van der Waals surface area contributed by atoms with Crippen molar-refractivity contribution in [1.82, 2.24) is 20.1 Å². The van der Waals surface area contributed by atoms with Crippen LogP contribution in [0.25, 0.3) is 27.8 Å². The monoisotopic (exact) mass is 466 g/mol. The summed E-state index contributed by atoms with van der Waals surface area (Å²) in [5.74, 6) is 1.06. The van der Waals surface area contributed by atoms with Crippen LogP contribution in [-0.4, -0.2) is 41.4 Å². The smallest absolute Gasteiger partial charge is 0.255 e. The lowest BCUT2D eigenvalue weighted by molar-refractivity contribution is 0.0955.